The lowest BCUT2D eigenvalue weighted by molar-refractivity contribution is 0.0723. The van der Waals surface area contributed by atoms with Crippen LogP contribution in [0.15, 0.2) is 36.4 Å². The average molecular weight is 333 g/mol. The van der Waals surface area contributed by atoms with Crippen molar-refractivity contribution in [3.63, 3.8) is 0 Å². The fourth-order valence-electron chi connectivity index (χ4n) is 2.13. The first-order valence-electron chi connectivity index (χ1n) is 7.50. The molecule has 0 amide bonds. The summed E-state index contributed by atoms with van der Waals surface area (Å²) in [5.41, 5.74) is 0.531. The van der Waals surface area contributed by atoms with Gasteiger partial charge in [-0.3, -0.25) is 0 Å². The Morgan fingerprint density at radius 3 is 1.91 bits per heavy atom. The fourth-order valence-corrected chi connectivity index (χ4v) is 3.62. The van der Waals surface area contributed by atoms with E-state index in [0.717, 1.165) is 10.8 Å². The van der Waals surface area contributed by atoms with Crippen LogP contribution in [0.2, 0.25) is 39.3 Å². The molecule has 0 aliphatic carbocycles. The van der Waals surface area contributed by atoms with Crippen LogP contribution in [0.1, 0.15) is 10.4 Å². The van der Waals surface area contributed by atoms with Crippen molar-refractivity contribution in [3.8, 4) is 5.75 Å². The van der Waals surface area contributed by atoms with E-state index in [2.05, 4.69) is 19.6 Å². The highest BCUT2D eigenvalue weighted by Gasteiger charge is 2.26. The molecule has 0 radical (unpaired) electrons. The molecule has 2 rings (SSSR count). The van der Waals surface area contributed by atoms with Crippen molar-refractivity contribution in [1.29, 1.82) is 0 Å². The Balaban J connectivity index is 2.53. The lowest BCUT2D eigenvalue weighted by atomic mass is 10.1. The Kier molecular flexibility index (Phi) is 4.49. The van der Waals surface area contributed by atoms with E-state index in [0.29, 0.717) is 11.3 Å². The largest absolute Gasteiger partial charge is 0.544 e. The molecule has 118 valence electrons. The molecule has 0 heterocycles. The number of hydrogen-bond donors (Lipinski definition) is 0. The Bertz CT molecular complexity index is 697. The van der Waals surface area contributed by atoms with Gasteiger partial charge in [0.05, 0.1) is 5.56 Å². The van der Waals surface area contributed by atoms with Gasteiger partial charge in [0.15, 0.2) is 0 Å². The second kappa shape index (κ2) is 5.89. The number of fused-ring (bicyclic) bond motifs is 1. The summed E-state index contributed by atoms with van der Waals surface area (Å²) >= 11 is 0. The smallest absolute Gasteiger partial charge is 0.328 e. The maximum absolute atomic E-state index is 12.6. The Morgan fingerprint density at radius 1 is 0.864 bits per heavy atom. The third-order valence-electron chi connectivity index (χ3n) is 2.88. The lowest BCUT2D eigenvalue weighted by Gasteiger charge is -2.23. The predicted molar refractivity (Wildman–Crippen MR) is 96.7 cm³/mol. The maximum Gasteiger partial charge on any atom is 0.328 e. The molecular formula is C17H24O3Si2. The minimum atomic E-state index is -1.95. The SMILES string of the molecule is C[Si](C)(C)OC(=O)c1cc2ccccc2cc1O[Si](C)(C)C. The first kappa shape index (κ1) is 16.8. The van der Waals surface area contributed by atoms with Gasteiger partial charge in [0, 0.05) is 0 Å². The summed E-state index contributed by atoms with van der Waals surface area (Å²) in [5, 5.41) is 2.09. The lowest BCUT2D eigenvalue weighted by Crippen LogP contribution is -2.32. The van der Waals surface area contributed by atoms with Gasteiger partial charge >= 0.3 is 5.97 Å². The third-order valence-corrected chi connectivity index (χ3v) is 4.51. The van der Waals surface area contributed by atoms with Gasteiger partial charge in [0.2, 0.25) is 16.6 Å². The summed E-state index contributed by atoms with van der Waals surface area (Å²) < 4.78 is 11.8. The molecule has 0 fully saturated rings. The molecule has 22 heavy (non-hydrogen) atoms. The molecule has 0 aliphatic heterocycles. The highest BCUT2D eigenvalue weighted by Crippen LogP contribution is 2.29. The van der Waals surface area contributed by atoms with Crippen LogP contribution in [0.4, 0.5) is 0 Å². The molecular weight excluding hydrogens is 308 g/mol. The van der Waals surface area contributed by atoms with Gasteiger partial charge in [-0.05, 0) is 62.2 Å². The van der Waals surface area contributed by atoms with Crippen LogP contribution >= 0.6 is 0 Å². The molecule has 2 aromatic rings. The van der Waals surface area contributed by atoms with Crippen LogP contribution in [0.3, 0.4) is 0 Å². The highest BCUT2D eigenvalue weighted by atomic mass is 28.4. The van der Waals surface area contributed by atoms with Crippen molar-refractivity contribution in [1.82, 2.24) is 0 Å². The second-order valence-electron chi connectivity index (χ2n) is 7.41. The van der Waals surface area contributed by atoms with Crippen LogP contribution in [0, 0.1) is 0 Å². The summed E-state index contributed by atoms with van der Waals surface area (Å²) in [5.74, 6) is 0.360. The first-order valence-corrected chi connectivity index (χ1v) is 14.3. The van der Waals surface area contributed by atoms with Crippen LogP contribution in [-0.2, 0) is 4.43 Å². The zero-order chi connectivity index (χ0) is 16.5. The van der Waals surface area contributed by atoms with Gasteiger partial charge in [-0.2, -0.15) is 0 Å². The van der Waals surface area contributed by atoms with Crippen LogP contribution in [-0.4, -0.2) is 22.6 Å². The van der Waals surface area contributed by atoms with E-state index in [1.165, 1.54) is 0 Å². The summed E-state index contributed by atoms with van der Waals surface area (Å²) in [6.07, 6.45) is 0. The van der Waals surface area contributed by atoms with E-state index in [1.807, 2.05) is 56.0 Å². The number of carbonyl (C=O) groups is 1. The molecule has 0 spiro atoms. The molecule has 0 saturated carbocycles. The molecule has 2 aromatic carbocycles. The van der Waals surface area contributed by atoms with Crippen molar-refractivity contribution >= 4 is 33.4 Å². The molecule has 0 N–H and O–H groups in total. The number of rotatable bonds is 4. The van der Waals surface area contributed by atoms with Crippen molar-refractivity contribution in [2.75, 3.05) is 0 Å². The topological polar surface area (TPSA) is 35.5 Å². The Morgan fingerprint density at radius 2 is 1.41 bits per heavy atom. The number of hydrogen-bond acceptors (Lipinski definition) is 3. The summed E-state index contributed by atoms with van der Waals surface area (Å²) in [4.78, 5) is 12.6. The van der Waals surface area contributed by atoms with E-state index < -0.39 is 16.6 Å². The van der Waals surface area contributed by atoms with Gasteiger partial charge in [0.25, 0.3) is 0 Å². The Labute approximate surface area is 134 Å². The maximum atomic E-state index is 12.6. The molecule has 0 atom stereocenters. The molecule has 0 aromatic heterocycles. The molecule has 0 aliphatic rings. The zero-order valence-corrected chi connectivity index (χ0v) is 16.2. The Hall–Kier alpha value is -1.60. The molecule has 0 saturated heterocycles. The first-order chi connectivity index (χ1) is 10.1. The second-order valence-corrected chi connectivity index (χ2v) is 16.3. The van der Waals surface area contributed by atoms with E-state index in [1.54, 1.807) is 0 Å². The fraction of sp³-hybridized carbons (Fsp3) is 0.353. The molecule has 3 nitrogen and oxygen atoms in total. The highest BCUT2D eigenvalue weighted by molar-refractivity contribution is 6.71. The van der Waals surface area contributed by atoms with Crippen molar-refractivity contribution in [2.24, 2.45) is 0 Å². The quantitative estimate of drug-likeness (QED) is 0.735. The standard InChI is InChI=1S/C17H24O3Si2/c1-21(2,3)19-16-12-14-10-8-7-9-13(14)11-15(16)17(18)20-22(4,5)6/h7-12H,1-6H3. The van der Waals surface area contributed by atoms with E-state index in [9.17, 15) is 4.79 Å². The minimum Gasteiger partial charge on any atom is -0.544 e. The summed E-state index contributed by atoms with van der Waals surface area (Å²) in [7, 11) is -3.76. The zero-order valence-electron chi connectivity index (χ0n) is 14.2. The molecule has 0 bridgehead atoms. The number of benzene rings is 2. The van der Waals surface area contributed by atoms with Gasteiger partial charge in [-0.1, -0.05) is 24.3 Å². The van der Waals surface area contributed by atoms with Crippen molar-refractivity contribution < 1.29 is 13.6 Å². The van der Waals surface area contributed by atoms with E-state index in [-0.39, 0.29) is 5.97 Å². The van der Waals surface area contributed by atoms with Crippen LogP contribution in [0.5, 0.6) is 5.75 Å². The minimum absolute atomic E-state index is 0.279. The third kappa shape index (κ3) is 4.45. The van der Waals surface area contributed by atoms with Crippen molar-refractivity contribution in [3.05, 3.63) is 42.0 Å². The summed E-state index contributed by atoms with van der Waals surface area (Å²) in [6.45, 7) is 12.3. The van der Waals surface area contributed by atoms with Gasteiger partial charge < -0.3 is 8.85 Å². The van der Waals surface area contributed by atoms with Gasteiger partial charge in [0.1, 0.15) is 5.75 Å². The predicted octanol–water partition coefficient (Wildman–Crippen LogP) is 5.05. The molecule has 0 unspecified atom stereocenters. The van der Waals surface area contributed by atoms with E-state index >= 15 is 0 Å². The van der Waals surface area contributed by atoms with Crippen molar-refractivity contribution in [2.45, 2.75) is 39.3 Å². The number of carbonyl (C=O) groups excluding carboxylic acids is 1. The van der Waals surface area contributed by atoms with Crippen LogP contribution < -0.4 is 4.43 Å². The van der Waals surface area contributed by atoms with Gasteiger partial charge in [-0.25, -0.2) is 4.79 Å². The monoisotopic (exact) mass is 332 g/mol. The average Bonchev–Trinajstić information content (AvgIpc) is 2.33. The molecule has 5 heteroatoms. The van der Waals surface area contributed by atoms with Crippen LogP contribution in [0.25, 0.3) is 10.8 Å². The van der Waals surface area contributed by atoms with Gasteiger partial charge in [-0.15, -0.1) is 0 Å². The normalized spacial score (nSPS) is 12.3. The van der Waals surface area contributed by atoms with E-state index in [4.69, 9.17) is 8.85 Å². The summed E-state index contributed by atoms with van der Waals surface area (Å²) in [6, 6.07) is 11.8.